The molecule has 8 heteroatoms. The van der Waals surface area contributed by atoms with Crippen molar-refractivity contribution in [1.29, 1.82) is 0 Å². The molecular formula is C24H15Cl3N2O2S. The van der Waals surface area contributed by atoms with Gasteiger partial charge in [0.15, 0.2) is 6.61 Å². The van der Waals surface area contributed by atoms with E-state index in [4.69, 9.17) is 44.5 Å². The molecule has 0 atom stereocenters. The molecule has 0 fully saturated rings. The molecule has 0 radical (unpaired) electrons. The minimum atomic E-state index is -0.129. The van der Waals surface area contributed by atoms with E-state index in [2.05, 4.69) is 0 Å². The maximum atomic E-state index is 12.7. The Balaban J connectivity index is 1.49. The van der Waals surface area contributed by atoms with Gasteiger partial charge in [0, 0.05) is 16.5 Å². The van der Waals surface area contributed by atoms with Gasteiger partial charge in [-0.25, -0.2) is 4.98 Å². The average Bonchev–Trinajstić information content (AvgIpc) is 3.28. The number of carbonyl (C=O) groups is 1. The van der Waals surface area contributed by atoms with Gasteiger partial charge in [-0.15, -0.1) is 11.3 Å². The summed E-state index contributed by atoms with van der Waals surface area (Å²) in [7, 11) is 0. The molecule has 0 unspecified atom stereocenters. The molecule has 160 valence electrons. The van der Waals surface area contributed by atoms with E-state index in [-0.39, 0.29) is 12.5 Å². The molecular weight excluding hydrogens is 487 g/mol. The summed E-state index contributed by atoms with van der Waals surface area (Å²) in [6, 6.07) is 18.7. The second-order valence-corrected chi connectivity index (χ2v) is 9.30. The maximum absolute atomic E-state index is 12.7. The molecule has 32 heavy (non-hydrogen) atoms. The molecule has 2 heterocycles. The van der Waals surface area contributed by atoms with Gasteiger partial charge in [-0.2, -0.15) is 0 Å². The van der Waals surface area contributed by atoms with Crippen molar-refractivity contribution in [2.24, 2.45) is 0 Å². The molecule has 1 aliphatic rings. The molecule has 1 aromatic heterocycles. The standard InChI is InChI=1S/C24H15Cl3N2O2S/c25-17-4-2-1-3-16(17)24-28-20(13-32-24)15-6-8-22-21(10-15)29(23(30)12-31-22)11-14-5-7-18(26)19(27)9-14/h1-10,13H,11-12H2. The van der Waals surface area contributed by atoms with Gasteiger partial charge in [0.2, 0.25) is 0 Å². The molecule has 1 amide bonds. The normalized spacial score (nSPS) is 13.1. The van der Waals surface area contributed by atoms with Crippen LogP contribution in [0.1, 0.15) is 5.56 Å². The Bertz CT molecular complexity index is 1340. The highest BCUT2D eigenvalue weighted by Crippen LogP contribution is 2.39. The third kappa shape index (κ3) is 4.09. The highest BCUT2D eigenvalue weighted by Gasteiger charge is 2.26. The average molecular weight is 502 g/mol. The van der Waals surface area contributed by atoms with Crippen LogP contribution in [-0.4, -0.2) is 17.5 Å². The first-order valence-electron chi connectivity index (χ1n) is 9.71. The van der Waals surface area contributed by atoms with Gasteiger partial charge in [0.25, 0.3) is 5.91 Å². The van der Waals surface area contributed by atoms with E-state index >= 15 is 0 Å². The predicted octanol–water partition coefficient (Wildman–Crippen LogP) is 7.36. The van der Waals surface area contributed by atoms with Gasteiger partial charge < -0.3 is 9.64 Å². The zero-order valence-corrected chi connectivity index (χ0v) is 19.6. The topological polar surface area (TPSA) is 42.4 Å². The summed E-state index contributed by atoms with van der Waals surface area (Å²) in [5.74, 6) is 0.519. The van der Waals surface area contributed by atoms with Gasteiger partial charge in [0.1, 0.15) is 10.8 Å². The lowest BCUT2D eigenvalue weighted by atomic mass is 10.1. The zero-order chi connectivity index (χ0) is 22.2. The third-order valence-corrected chi connectivity index (χ3v) is 7.08. The molecule has 0 spiro atoms. The maximum Gasteiger partial charge on any atom is 0.265 e. The van der Waals surface area contributed by atoms with E-state index in [1.54, 1.807) is 17.0 Å². The Morgan fingerprint density at radius 2 is 1.81 bits per heavy atom. The Kier molecular flexibility index (Phi) is 5.82. The summed E-state index contributed by atoms with van der Waals surface area (Å²) in [4.78, 5) is 19.2. The zero-order valence-electron chi connectivity index (χ0n) is 16.5. The van der Waals surface area contributed by atoms with Crippen molar-refractivity contribution >= 4 is 57.7 Å². The summed E-state index contributed by atoms with van der Waals surface area (Å²) in [6.07, 6.45) is 0. The van der Waals surface area contributed by atoms with Crippen molar-refractivity contribution in [2.45, 2.75) is 6.54 Å². The summed E-state index contributed by atoms with van der Waals surface area (Å²) in [5, 5.41) is 4.40. The number of benzene rings is 3. The third-order valence-electron chi connectivity index (χ3n) is 5.13. The molecule has 1 aliphatic heterocycles. The largest absolute Gasteiger partial charge is 0.482 e. The van der Waals surface area contributed by atoms with E-state index in [1.165, 1.54) is 11.3 Å². The molecule has 0 saturated heterocycles. The summed E-state index contributed by atoms with van der Waals surface area (Å²) >= 11 is 20.0. The Morgan fingerprint density at radius 3 is 2.62 bits per heavy atom. The number of aromatic nitrogens is 1. The van der Waals surface area contributed by atoms with Crippen molar-refractivity contribution in [1.82, 2.24) is 4.98 Å². The fourth-order valence-electron chi connectivity index (χ4n) is 3.52. The molecule has 0 N–H and O–H groups in total. The van der Waals surface area contributed by atoms with Crippen LogP contribution >= 0.6 is 46.1 Å². The highest BCUT2D eigenvalue weighted by atomic mass is 35.5. The van der Waals surface area contributed by atoms with Gasteiger partial charge in [-0.3, -0.25) is 4.79 Å². The van der Waals surface area contributed by atoms with Crippen LogP contribution in [0.5, 0.6) is 5.75 Å². The smallest absolute Gasteiger partial charge is 0.265 e. The van der Waals surface area contributed by atoms with Crippen molar-refractivity contribution in [3.8, 4) is 27.6 Å². The minimum Gasteiger partial charge on any atom is -0.482 e. The first-order valence-corrected chi connectivity index (χ1v) is 11.7. The van der Waals surface area contributed by atoms with Gasteiger partial charge >= 0.3 is 0 Å². The quantitative estimate of drug-likeness (QED) is 0.293. The van der Waals surface area contributed by atoms with Crippen molar-refractivity contribution < 1.29 is 9.53 Å². The lowest BCUT2D eigenvalue weighted by molar-refractivity contribution is -0.121. The summed E-state index contributed by atoms with van der Waals surface area (Å²) < 4.78 is 5.65. The fraction of sp³-hybridized carbons (Fsp3) is 0.0833. The second-order valence-electron chi connectivity index (χ2n) is 7.22. The number of carbonyl (C=O) groups excluding carboxylic acids is 1. The van der Waals surface area contributed by atoms with Crippen molar-refractivity contribution in [3.05, 3.63) is 86.7 Å². The van der Waals surface area contributed by atoms with Gasteiger partial charge in [0.05, 0.1) is 33.0 Å². The fourth-order valence-corrected chi connectivity index (χ4v) is 4.99. The highest BCUT2D eigenvalue weighted by molar-refractivity contribution is 7.13. The SMILES string of the molecule is O=C1COc2ccc(-c3csc(-c4ccccc4Cl)n3)cc2N1Cc1ccc(Cl)c(Cl)c1. The van der Waals surface area contributed by atoms with Crippen molar-refractivity contribution in [2.75, 3.05) is 11.5 Å². The summed E-state index contributed by atoms with van der Waals surface area (Å²) in [5.41, 5.74) is 4.15. The Morgan fingerprint density at radius 1 is 0.969 bits per heavy atom. The minimum absolute atomic E-state index is 0.0129. The van der Waals surface area contributed by atoms with E-state index < -0.39 is 0 Å². The lowest BCUT2D eigenvalue weighted by Gasteiger charge is -2.30. The van der Waals surface area contributed by atoms with Crippen LogP contribution in [-0.2, 0) is 11.3 Å². The number of nitrogens with zero attached hydrogens (tertiary/aromatic N) is 2. The predicted molar refractivity (Wildman–Crippen MR) is 131 cm³/mol. The summed E-state index contributed by atoms with van der Waals surface area (Å²) in [6.45, 7) is 0.346. The van der Waals surface area contributed by atoms with Crippen molar-refractivity contribution in [3.63, 3.8) is 0 Å². The van der Waals surface area contributed by atoms with E-state index in [0.29, 0.717) is 33.0 Å². The van der Waals surface area contributed by atoms with Crippen LogP contribution in [0.25, 0.3) is 21.8 Å². The van der Waals surface area contributed by atoms with Gasteiger partial charge in [-0.1, -0.05) is 59.1 Å². The molecule has 3 aromatic carbocycles. The number of hydrogen-bond acceptors (Lipinski definition) is 4. The molecule has 0 bridgehead atoms. The number of thiazole rings is 1. The van der Waals surface area contributed by atoms with Crippen LogP contribution in [0, 0.1) is 0 Å². The molecule has 0 saturated carbocycles. The van der Waals surface area contributed by atoms with Crippen LogP contribution in [0.2, 0.25) is 15.1 Å². The Labute approximate surface area is 203 Å². The first kappa shape index (κ1) is 21.3. The van der Waals surface area contributed by atoms with E-state index in [0.717, 1.165) is 27.4 Å². The van der Waals surface area contributed by atoms with E-state index in [1.807, 2.05) is 53.9 Å². The lowest BCUT2D eigenvalue weighted by Crippen LogP contribution is -2.38. The first-order chi connectivity index (χ1) is 15.5. The Hall–Kier alpha value is -2.57. The van der Waals surface area contributed by atoms with Gasteiger partial charge in [-0.05, 0) is 42.0 Å². The van der Waals surface area contributed by atoms with Crippen LogP contribution in [0.15, 0.2) is 66.0 Å². The van der Waals surface area contributed by atoms with Crippen LogP contribution < -0.4 is 9.64 Å². The number of fused-ring (bicyclic) bond motifs is 1. The number of hydrogen-bond donors (Lipinski definition) is 0. The molecule has 4 aromatic rings. The molecule has 5 rings (SSSR count). The second kappa shape index (κ2) is 8.75. The number of amides is 1. The van der Waals surface area contributed by atoms with E-state index in [9.17, 15) is 4.79 Å². The number of ether oxygens (including phenoxy) is 1. The molecule has 0 aliphatic carbocycles. The number of rotatable bonds is 4. The molecule has 4 nitrogen and oxygen atoms in total. The number of anilines is 1. The van der Waals surface area contributed by atoms with Crippen LogP contribution in [0.4, 0.5) is 5.69 Å². The van der Waals surface area contributed by atoms with Crippen LogP contribution in [0.3, 0.4) is 0 Å². The number of halogens is 3. The monoisotopic (exact) mass is 500 g/mol.